The summed E-state index contributed by atoms with van der Waals surface area (Å²) in [4.78, 5) is 17.0. The van der Waals surface area contributed by atoms with Crippen molar-refractivity contribution in [1.29, 1.82) is 5.26 Å². The smallest absolute Gasteiger partial charge is 0.434 e. The Morgan fingerprint density at radius 2 is 2.00 bits per heavy atom. The van der Waals surface area contributed by atoms with Crippen LogP contribution in [0.5, 0.6) is 0 Å². The van der Waals surface area contributed by atoms with Gasteiger partial charge in [0.15, 0.2) is 5.69 Å². The van der Waals surface area contributed by atoms with E-state index in [1.165, 1.54) is 41.2 Å². The second-order valence-electron chi connectivity index (χ2n) is 7.43. The van der Waals surface area contributed by atoms with Gasteiger partial charge in [-0.15, -0.1) is 6.61 Å². The monoisotopic (exact) mass is 502 g/mol. The average molecular weight is 503 g/mol. The molecular formula is C22H16ClF3N7O2-. The molecule has 0 aliphatic carbocycles. The van der Waals surface area contributed by atoms with Crippen LogP contribution in [0.1, 0.15) is 40.3 Å². The summed E-state index contributed by atoms with van der Waals surface area (Å²) < 4.78 is 44.1. The maximum Gasteiger partial charge on any atom is 0.434 e. The third kappa shape index (κ3) is 4.82. The first-order valence-electron chi connectivity index (χ1n) is 10.3. The lowest BCUT2D eigenvalue weighted by Gasteiger charge is -2.14. The number of amides is 1. The molecule has 35 heavy (non-hydrogen) atoms. The Hall–Kier alpha value is -3.95. The van der Waals surface area contributed by atoms with E-state index >= 15 is 0 Å². The number of nitrogens with zero attached hydrogens (tertiary/aromatic N) is 6. The van der Waals surface area contributed by atoms with Gasteiger partial charge >= 0.3 is 6.18 Å². The van der Waals surface area contributed by atoms with Gasteiger partial charge in [0.25, 0.3) is 5.91 Å². The molecule has 0 saturated heterocycles. The Labute approximate surface area is 201 Å². The number of nitrogens with one attached hydrogen (secondary N) is 1. The predicted molar refractivity (Wildman–Crippen MR) is 117 cm³/mol. The molecule has 0 bridgehead atoms. The topological polar surface area (TPSA) is 124 Å². The summed E-state index contributed by atoms with van der Waals surface area (Å²) >= 11 is 6.18. The van der Waals surface area contributed by atoms with Gasteiger partial charge in [-0.2, -0.15) is 28.6 Å². The van der Waals surface area contributed by atoms with Gasteiger partial charge < -0.3 is 10.4 Å². The number of nitriles is 1. The molecule has 9 nitrogen and oxygen atoms in total. The highest BCUT2D eigenvalue weighted by Gasteiger charge is 2.41. The highest BCUT2D eigenvalue weighted by Crippen LogP contribution is 2.35. The van der Waals surface area contributed by atoms with Crippen molar-refractivity contribution in [3.63, 3.8) is 0 Å². The van der Waals surface area contributed by atoms with Gasteiger partial charge in [0, 0.05) is 0 Å². The Bertz CT molecular complexity index is 1440. The van der Waals surface area contributed by atoms with Crippen molar-refractivity contribution >= 4 is 28.7 Å². The highest BCUT2D eigenvalue weighted by molar-refractivity contribution is 6.31. The number of aryl methyl sites for hydroxylation is 1. The minimum Gasteiger partial charge on any atom is -0.854 e. The normalized spacial score (nSPS) is 11.5. The summed E-state index contributed by atoms with van der Waals surface area (Å²) in [5, 5.41) is 30.2. The van der Waals surface area contributed by atoms with E-state index in [2.05, 4.69) is 20.5 Å². The maximum absolute atomic E-state index is 14.1. The number of hydrogen-bond donors (Lipinski definition) is 1. The molecule has 4 heterocycles. The second-order valence-corrected chi connectivity index (χ2v) is 7.84. The van der Waals surface area contributed by atoms with Gasteiger partial charge in [0.1, 0.15) is 11.8 Å². The molecule has 4 aromatic rings. The van der Waals surface area contributed by atoms with Gasteiger partial charge in [0.05, 0.1) is 51.8 Å². The summed E-state index contributed by atoms with van der Waals surface area (Å²) in [6.07, 6.45) is 0.0237. The van der Waals surface area contributed by atoms with E-state index in [0.29, 0.717) is 29.6 Å². The highest BCUT2D eigenvalue weighted by atomic mass is 35.5. The molecule has 0 unspecified atom stereocenters. The molecule has 4 rings (SSSR count). The van der Waals surface area contributed by atoms with Crippen LogP contribution < -0.4 is 10.4 Å². The van der Waals surface area contributed by atoms with E-state index in [0.717, 1.165) is 6.20 Å². The molecule has 1 N–H and O–H groups in total. The summed E-state index contributed by atoms with van der Waals surface area (Å²) in [5.74, 6) is -1.06. The van der Waals surface area contributed by atoms with Crippen LogP contribution in [0.15, 0.2) is 42.9 Å². The van der Waals surface area contributed by atoms with Crippen LogP contribution in [0.3, 0.4) is 0 Å². The molecule has 1 amide bonds. The molecule has 180 valence electrons. The van der Waals surface area contributed by atoms with Gasteiger partial charge in [-0.1, -0.05) is 18.0 Å². The van der Waals surface area contributed by atoms with Gasteiger partial charge in [-0.25, -0.2) is 9.20 Å². The lowest BCUT2D eigenvalue weighted by molar-refractivity contribution is -0.368. The third-order valence-corrected chi connectivity index (χ3v) is 5.47. The number of halogens is 4. The fourth-order valence-corrected chi connectivity index (χ4v) is 3.81. The summed E-state index contributed by atoms with van der Waals surface area (Å²) in [7, 11) is 0. The molecule has 0 spiro atoms. The summed E-state index contributed by atoms with van der Waals surface area (Å²) in [5.41, 5.74) is -1.08. The average Bonchev–Trinajstić information content (AvgIpc) is 3.48. The van der Waals surface area contributed by atoms with Crippen LogP contribution in [0.2, 0.25) is 5.02 Å². The molecule has 0 radical (unpaired) electrons. The lowest BCUT2D eigenvalue weighted by atomic mass is 10.1. The number of aromatic nitrogens is 5. The Morgan fingerprint density at radius 3 is 2.69 bits per heavy atom. The van der Waals surface area contributed by atoms with Crippen LogP contribution in [0, 0.1) is 11.3 Å². The van der Waals surface area contributed by atoms with E-state index in [4.69, 9.17) is 11.6 Å². The quantitative estimate of drug-likeness (QED) is 0.386. The number of rotatable bonds is 7. The number of hydrogen-bond acceptors (Lipinski definition) is 6. The number of carbonyl (C=O) groups excluding carboxylic acids is 1. The van der Waals surface area contributed by atoms with Gasteiger partial charge in [-0.05, 0) is 37.1 Å². The number of fused-ring (bicyclic) bond motifs is 1. The van der Waals surface area contributed by atoms with Crippen LogP contribution in [0.4, 0.5) is 18.9 Å². The number of anilines is 1. The van der Waals surface area contributed by atoms with E-state index < -0.39 is 23.3 Å². The number of unbranched alkanes of at least 4 members (excludes halogenated alkanes) is 1. The molecule has 0 atom stereocenters. The zero-order valence-corrected chi connectivity index (χ0v) is 18.6. The van der Waals surface area contributed by atoms with Gasteiger partial charge in [0.2, 0.25) is 0 Å². The Kier molecular flexibility index (Phi) is 6.72. The first-order valence-corrected chi connectivity index (χ1v) is 10.7. The zero-order valence-electron chi connectivity index (χ0n) is 17.9. The van der Waals surface area contributed by atoms with Gasteiger partial charge in [-0.3, -0.25) is 9.78 Å². The van der Waals surface area contributed by atoms with Crippen molar-refractivity contribution in [2.45, 2.75) is 25.4 Å². The third-order valence-electron chi connectivity index (χ3n) is 5.14. The minimum absolute atomic E-state index is 0.0139. The molecule has 4 aromatic heterocycles. The number of pyridine rings is 2. The molecule has 0 saturated carbocycles. The summed E-state index contributed by atoms with van der Waals surface area (Å²) in [6, 6.07) is 7.33. The van der Waals surface area contributed by atoms with E-state index in [1.807, 2.05) is 6.07 Å². The largest absolute Gasteiger partial charge is 0.854 e. The molecule has 13 heteroatoms. The molecule has 0 aliphatic rings. The maximum atomic E-state index is 14.1. The Morgan fingerprint density at radius 1 is 1.20 bits per heavy atom. The van der Waals surface area contributed by atoms with Crippen molar-refractivity contribution in [3.05, 3.63) is 70.5 Å². The van der Waals surface area contributed by atoms with Crippen molar-refractivity contribution in [3.8, 4) is 11.8 Å². The van der Waals surface area contributed by atoms with E-state index in [9.17, 15) is 28.3 Å². The first kappa shape index (κ1) is 24.2. The van der Waals surface area contributed by atoms with Crippen molar-refractivity contribution in [2.24, 2.45) is 0 Å². The van der Waals surface area contributed by atoms with Crippen molar-refractivity contribution < 1.29 is 23.1 Å². The number of alkyl halides is 3. The van der Waals surface area contributed by atoms with Crippen molar-refractivity contribution in [1.82, 2.24) is 24.4 Å². The molecule has 0 aromatic carbocycles. The van der Waals surface area contributed by atoms with Crippen molar-refractivity contribution in [2.75, 3.05) is 11.9 Å². The van der Waals surface area contributed by atoms with Crippen LogP contribution in [0.25, 0.3) is 11.2 Å². The summed E-state index contributed by atoms with van der Waals surface area (Å²) in [6.45, 7) is -0.212. The lowest BCUT2D eigenvalue weighted by Crippen LogP contribution is -2.21. The Balaban J connectivity index is 1.68. The standard InChI is InChI=1S/C22H16ClF3N7O2/c23-16-9-13(11-28-17(16)3-1-2-8-34)31-21(35)15-12-30-33(20(15)22(24,25)26)18-5-4-14(10-27)32-19(18)6-7-29-32/h4-7,9,11-12H,1-3,8H2,(H,31,35)/q-1. The zero-order chi connectivity index (χ0) is 25.2. The van der Waals surface area contributed by atoms with E-state index in [-0.39, 0.29) is 34.2 Å². The molecular weight excluding hydrogens is 487 g/mol. The fraction of sp³-hybridized carbons (Fsp3) is 0.227. The SMILES string of the molecule is N#Cc1ccc(-n2ncc(C(=O)Nc3cnc(CCCC[O-])c(Cl)c3)c2C(F)(F)F)c2ccnn12. The van der Waals surface area contributed by atoms with Crippen LogP contribution >= 0.6 is 11.6 Å². The minimum atomic E-state index is -4.94. The molecule has 0 aliphatic heterocycles. The molecule has 0 fully saturated rings. The van der Waals surface area contributed by atoms with E-state index in [1.54, 1.807) is 0 Å². The van der Waals surface area contributed by atoms with Crippen LogP contribution in [-0.2, 0) is 12.6 Å². The fourth-order valence-electron chi connectivity index (χ4n) is 3.55. The predicted octanol–water partition coefficient (Wildman–Crippen LogP) is 3.39. The van der Waals surface area contributed by atoms with Crippen LogP contribution in [-0.4, -0.2) is 36.9 Å². The number of carbonyl (C=O) groups is 1. The second kappa shape index (κ2) is 9.73. The first-order chi connectivity index (χ1) is 16.7.